The molecule has 0 saturated carbocycles. The molecule has 0 aliphatic carbocycles. The molecule has 2 aromatic rings. The van der Waals surface area contributed by atoms with Crippen molar-refractivity contribution < 1.29 is 9.53 Å². The highest BCUT2D eigenvalue weighted by Crippen LogP contribution is 2.26. The number of hydrogen-bond acceptors (Lipinski definition) is 4. The van der Waals surface area contributed by atoms with Gasteiger partial charge in [-0.05, 0) is 12.5 Å². The molecule has 0 N–H and O–H groups in total. The molecule has 1 aromatic carbocycles. The zero-order valence-corrected chi connectivity index (χ0v) is 9.58. The van der Waals surface area contributed by atoms with Gasteiger partial charge in [0.15, 0.2) is 5.69 Å². The van der Waals surface area contributed by atoms with Crippen molar-refractivity contribution in [2.75, 3.05) is 7.11 Å². The van der Waals surface area contributed by atoms with E-state index in [-0.39, 0.29) is 10.7 Å². The maximum atomic E-state index is 11.4. The predicted molar refractivity (Wildman–Crippen MR) is 60.6 cm³/mol. The van der Waals surface area contributed by atoms with E-state index in [1.807, 2.05) is 19.1 Å². The van der Waals surface area contributed by atoms with E-state index in [1.165, 1.54) is 7.11 Å². The van der Waals surface area contributed by atoms with Gasteiger partial charge in [0.05, 0.1) is 17.6 Å². The first-order chi connectivity index (χ1) is 7.65. The third kappa shape index (κ3) is 1.61. The number of methoxy groups -OCH3 is 1. The number of ether oxygens (including phenoxy) is 1. The molecule has 2 rings (SSSR count). The van der Waals surface area contributed by atoms with Crippen LogP contribution in [-0.2, 0) is 4.74 Å². The van der Waals surface area contributed by atoms with Crippen LogP contribution in [0.1, 0.15) is 16.1 Å². The molecule has 1 aromatic heterocycles. The Bertz CT molecular complexity index is 569. The zero-order valence-electron chi connectivity index (χ0n) is 8.82. The molecule has 0 unspecified atom stereocenters. The van der Waals surface area contributed by atoms with Crippen molar-refractivity contribution in [1.29, 1.82) is 0 Å². The molecule has 0 fully saturated rings. The molecule has 0 bridgehead atoms. The van der Waals surface area contributed by atoms with Crippen molar-refractivity contribution in [3.63, 3.8) is 0 Å². The van der Waals surface area contributed by atoms with Crippen molar-refractivity contribution in [2.24, 2.45) is 0 Å². The van der Waals surface area contributed by atoms with Gasteiger partial charge in [-0.3, -0.25) is 0 Å². The van der Waals surface area contributed by atoms with Gasteiger partial charge >= 0.3 is 5.97 Å². The normalized spacial score (nSPS) is 10.4. The minimum absolute atomic E-state index is 0.0438. The number of halogens is 1. The molecule has 0 saturated heterocycles. The highest BCUT2D eigenvalue weighted by molar-refractivity contribution is 6.37. The number of aryl methyl sites for hydroxylation is 1. The van der Waals surface area contributed by atoms with Crippen LogP contribution in [0.4, 0.5) is 0 Å². The van der Waals surface area contributed by atoms with Crippen LogP contribution in [0.2, 0.25) is 5.02 Å². The summed E-state index contributed by atoms with van der Waals surface area (Å²) in [5.41, 5.74) is 1.70. The Morgan fingerprint density at radius 3 is 2.81 bits per heavy atom. The Labute approximate surface area is 97.2 Å². The van der Waals surface area contributed by atoms with Gasteiger partial charge in [-0.15, -0.1) is 10.2 Å². The molecule has 16 heavy (non-hydrogen) atoms. The van der Waals surface area contributed by atoms with E-state index in [0.29, 0.717) is 10.9 Å². The summed E-state index contributed by atoms with van der Waals surface area (Å²) in [7, 11) is 1.28. The Hall–Kier alpha value is -1.68. The average molecular weight is 237 g/mol. The van der Waals surface area contributed by atoms with Gasteiger partial charge in [0.25, 0.3) is 0 Å². The van der Waals surface area contributed by atoms with E-state index in [1.54, 1.807) is 6.07 Å². The molecule has 1 heterocycles. The van der Waals surface area contributed by atoms with E-state index < -0.39 is 5.97 Å². The number of hydrogen-bond donors (Lipinski definition) is 0. The number of fused-ring (bicyclic) bond motifs is 1. The lowest BCUT2D eigenvalue weighted by Crippen LogP contribution is -2.07. The van der Waals surface area contributed by atoms with E-state index in [9.17, 15) is 4.79 Å². The number of rotatable bonds is 1. The van der Waals surface area contributed by atoms with E-state index in [4.69, 9.17) is 11.6 Å². The van der Waals surface area contributed by atoms with Gasteiger partial charge < -0.3 is 4.74 Å². The number of aromatic nitrogens is 2. The fourth-order valence-corrected chi connectivity index (χ4v) is 1.73. The van der Waals surface area contributed by atoms with Crippen LogP contribution in [0.15, 0.2) is 18.2 Å². The second-order valence-electron chi connectivity index (χ2n) is 3.33. The van der Waals surface area contributed by atoms with Crippen molar-refractivity contribution in [3.05, 3.63) is 34.5 Å². The lowest BCUT2D eigenvalue weighted by Gasteiger charge is -2.05. The standard InChI is InChI=1S/C11H9ClN2O2/c1-6-4-3-5-7-8(12)10(11(15)16-2)14-13-9(6)7/h3-5H,1-2H3. The smallest absolute Gasteiger partial charge is 0.360 e. The summed E-state index contributed by atoms with van der Waals surface area (Å²) in [5, 5.41) is 8.74. The molecule has 0 spiro atoms. The summed E-state index contributed by atoms with van der Waals surface area (Å²) in [5.74, 6) is -0.582. The van der Waals surface area contributed by atoms with Crippen molar-refractivity contribution in [3.8, 4) is 0 Å². The maximum absolute atomic E-state index is 11.4. The Kier molecular flexibility index (Phi) is 2.75. The van der Waals surface area contributed by atoms with Gasteiger partial charge in [0.1, 0.15) is 0 Å². The molecule has 5 heteroatoms. The molecular formula is C11H9ClN2O2. The van der Waals surface area contributed by atoms with Crippen LogP contribution < -0.4 is 0 Å². The van der Waals surface area contributed by atoms with Crippen LogP contribution in [0.25, 0.3) is 10.9 Å². The second kappa shape index (κ2) is 4.06. The number of carbonyl (C=O) groups is 1. The fraction of sp³-hybridized carbons (Fsp3) is 0.182. The third-order valence-corrected chi connectivity index (χ3v) is 2.69. The number of esters is 1. The summed E-state index contributed by atoms with van der Waals surface area (Å²) in [6.45, 7) is 1.91. The van der Waals surface area contributed by atoms with Gasteiger partial charge in [0, 0.05) is 5.39 Å². The zero-order chi connectivity index (χ0) is 11.7. The highest BCUT2D eigenvalue weighted by atomic mass is 35.5. The Morgan fingerprint density at radius 1 is 1.38 bits per heavy atom. The van der Waals surface area contributed by atoms with E-state index in [0.717, 1.165) is 5.56 Å². The first-order valence-electron chi connectivity index (χ1n) is 4.65. The monoisotopic (exact) mass is 236 g/mol. The molecular weight excluding hydrogens is 228 g/mol. The summed E-state index contributed by atoms with van der Waals surface area (Å²) >= 11 is 6.08. The van der Waals surface area contributed by atoms with Crippen molar-refractivity contribution in [1.82, 2.24) is 10.2 Å². The average Bonchev–Trinajstić information content (AvgIpc) is 2.30. The third-order valence-electron chi connectivity index (χ3n) is 2.31. The van der Waals surface area contributed by atoms with Gasteiger partial charge in [-0.1, -0.05) is 29.8 Å². The SMILES string of the molecule is COC(=O)c1nnc2c(C)cccc2c1Cl. The fourth-order valence-electron chi connectivity index (χ4n) is 1.47. The van der Waals surface area contributed by atoms with Crippen molar-refractivity contribution >= 4 is 28.5 Å². The molecule has 0 atom stereocenters. The first kappa shape index (κ1) is 10.8. The minimum atomic E-state index is -0.582. The van der Waals surface area contributed by atoms with Crippen molar-refractivity contribution in [2.45, 2.75) is 6.92 Å². The quantitative estimate of drug-likeness (QED) is 0.714. The Balaban J connectivity index is 2.75. The molecule has 0 aliphatic rings. The summed E-state index contributed by atoms with van der Waals surface area (Å²) in [4.78, 5) is 11.4. The summed E-state index contributed by atoms with van der Waals surface area (Å²) in [6.07, 6.45) is 0. The molecule has 82 valence electrons. The minimum Gasteiger partial charge on any atom is -0.464 e. The number of benzene rings is 1. The maximum Gasteiger partial charge on any atom is 0.360 e. The van der Waals surface area contributed by atoms with Gasteiger partial charge in [-0.25, -0.2) is 4.79 Å². The summed E-state index contributed by atoms with van der Waals surface area (Å²) < 4.78 is 4.57. The van der Waals surface area contributed by atoms with Crippen LogP contribution in [0.3, 0.4) is 0 Å². The van der Waals surface area contributed by atoms with Crippen LogP contribution in [0.5, 0.6) is 0 Å². The first-order valence-corrected chi connectivity index (χ1v) is 5.02. The van der Waals surface area contributed by atoms with Crippen LogP contribution in [0, 0.1) is 6.92 Å². The van der Waals surface area contributed by atoms with Crippen LogP contribution in [-0.4, -0.2) is 23.3 Å². The molecule has 4 nitrogen and oxygen atoms in total. The largest absolute Gasteiger partial charge is 0.464 e. The summed E-state index contributed by atoms with van der Waals surface area (Å²) in [6, 6.07) is 5.56. The van der Waals surface area contributed by atoms with E-state index in [2.05, 4.69) is 14.9 Å². The van der Waals surface area contributed by atoms with Gasteiger partial charge in [-0.2, -0.15) is 0 Å². The van der Waals surface area contributed by atoms with E-state index >= 15 is 0 Å². The lowest BCUT2D eigenvalue weighted by atomic mass is 10.1. The highest BCUT2D eigenvalue weighted by Gasteiger charge is 2.16. The topological polar surface area (TPSA) is 52.1 Å². The van der Waals surface area contributed by atoms with Crippen LogP contribution >= 0.6 is 11.6 Å². The van der Waals surface area contributed by atoms with Gasteiger partial charge in [0.2, 0.25) is 0 Å². The lowest BCUT2D eigenvalue weighted by molar-refractivity contribution is 0.0593. The molecule has 0 aliphatic heterocycles. The molecule has 0 radical (unpaired) electrons. The number of nitrogens with zero attached hydrogens (tertiary/aromatic N) is 2. The Morgan fingerprint density at radius 2 is 2.12 bits per heavy atom. The second-order valence-corrected chi connectivity index (χ2v) is 3.70. The molecule has 0 amide bonds. The number of carbonyl (C=O) groups excluding carboxylic acids is 1. The predicted octanol–water partition coefficient (Wildman–Crippen LogP) is 2.38.